The average molecular weight is 409 g/mol. The second-order valence-electron chi connectivity index (χ2n) is 3.81. The molecule has 0 radical (unpaired) electrons. The molecule has 2 aromatic heterocycles. The first kappa shape index (κ1) is 14.5. The summed E-state index contributed by atoms with van der Waals surface area (Å²) in [4.78, 5) is 26.7. The van der Waals surface area contributed by atoms with E-state index in [9.17, 15) is 9.59 Å². The number of aldehydes is 1. The highest BCUT2D eigenvalue weighted by Crippen LogP contribution is 2.30. The van der Waals surface area contributed by atoms with Crippen LogP contribution in [0.25, 0.3) is 0 Å². The molecule has 0 aliphatic rings. The Morgan fingerprint density at radius 1 is 1.47 bits per heavy atom. The smallest absolute Gasteiger partial charge is 0.339 e. The van der Waals surface area contributed by atoms with Gasteiger partial charge in [0.25, 0.3) is 0 Å². The summed E-state index contributed by atoms with van der Waals surface area (Å²) >= 11 is 12.5. The summed E-state index contributed by atoms with van der Waals surface area (Å²) < 4.78 is 4.53. The van der Waals surface area contributed by atoms with Crippen LogP contribution in [0.1, 0.15) is 11.7 Å². The summed E-state index contributed by atoms with van der Waals surface area (Å²) in [6, 6.07) is 0.975. The number of aromatic nitrogens is 3. The second kappa shape index (κ2) is 5.60. The molecule has 100 valence electrons. The van der Waals surface area contributed by atoms with Crippen molar-refractivity contribution in [2.24, 2.45) is 7.05 Å². The van der Waals surface area contributed by atoms with Crippen LogP contribution in [-0.2, 0) is 11.8 Å². The highest BCUT2D eigenvalue weighted by Gasteiger charge is 2.20. The van der Waals surface area contributed by atoms with Gasteiger partial charge in [-0.3, -0.25) is 4.57 Å². The zero-order valence-electron chi connectivity index (χ0n) is 9.68. The second-order valence-corrected chi connectivity index (χ2v) is 5.85. The van der Waals surface area contributed by atoms with Crippen LogP contribution < -0.4 is 5.69 Å². The molecule has 0 N–H and O–H groups in total. The summed E-state index contributed by atoms with van der Waals surface area (Å²) in [5, 5.41) is 0.291. The lowest BCUT2D eigenvalue weighted by Crippen LogP contribution is -2.29. The third-order valence-electron chi connectivity index (χ3n) is 2.67. The van der Waals surface area contributed by atoms with E-state index in [0.717, 1.165) is 9.08 Å². The molecule has 1 atom stereocenters. The minimum absolute atomic E-state index is 0.291. The predicted molar refractivity (Wildman–Crippen MR) is 78.5 cm³/mol. The molecule has 0 saturated heterocycles. The minimum Gasteiger partial charge on any atom is -0.339 e. The summed E-state index contributed by atoms with van der Waals surface area (Å²) in [5.41, 5.74) is 0.106. The molecular formula is C11H8Br2ClN3O2. The molecule has 5 nitrogen and oxygen atoms in total. The van der Waals surface area contributed by atoms with Crippen molar-refractivity contribution in [3.8, 4) is 0 Å². The topological polar surface area (TPSA) is 56.9 Å². The quantitative estimate of drug-likeness (QED) is 0.732. The van der Waals surface area contributed by atoms with Gasteiger partial charge in [-0.05, 0) is 37.9 Å². The van der Waals surface area contributed by atoms with Crippen molar-refractivity contribution in [2.75, 3.05) is 0 Å². The van der Waals surface area contributed by atoms with E-state index in [0.29, 0.717) is 17.0 Å². The maximum atomic E-state index is 11.7. The Hall–Kier alpha value is -0.920. The van der Waals surface area contributed by atoms with Crippen LogP contribution >= 0.6 is 43.5 Å². The Balaban J connectivity index is 2.62. The van der Waals surface area contributed by atoms with Crippen molar-refractivity contribution in [1.29, 1.82) is 0 Å². The van der Waals surface area contributed by atoms with Gasteiger partial charge in [0.05, 0.1) is 26.0 Å². The van der Waals surface area contributed by atoms with E-state index < -0.39 is 11.7 Å². The number of carbonyl (C=O) groups excluding carboxylic acids is 1. The third kappa shape index (κ3) is 2.68. The van der Waals surface area contributed by atoms with E-state index in [2.05, 4.69) is 36.8 Å². The fourth-order valence-corrected chi connectivity index (χ4v) is 2.70. The van der Waals surface area contributed by atoms with Crippen molar-refractivity contribution >= 4 is 49.7 Å². The Morgan fingerprint density at radius 2 is 2.16 bits per heavy atom. The first-order valence-corrected chi connectivity index (χ1v) is 7.11. The lowest BCUT2D eigenvalue weighted by atomic mass is 10.2. The molecule has 0 aliphatic carbocycles. The van der Waals surface area contributed by atoms with Crippen LogP contribution in [-0.4, -0.2) is 20.4 Å². The lowest BCUT2D eigenvalue weighted by Gasteiger charge is -2.14. The molecule has 0 saturated carbocycles. The first-order valence-electron chi connectivity index (χ1n) is 5.15. The molecule has 0 spiro atoms. The fourth-order valence-electron chi connectivity index (χ4n) is 1.73. The van der Waals surface area contributed by atoms with Crippen LogP contribution in [0.2, 0.25) is 5.02 Å². The number of hydrogen-bond donors (Lipinski definition) is 0. The van der Waals surface area contributed by atoms with Gasteiger partial charge in [0, 0.05) is 13.2 Å². The average Bonchev–Trinajstić information content (AvgIpc) is 2.63. The van der Waals surface area contributed by atoms with Crippen LogP contribution in [0.5, 0.6) is 0 Å². The highest BCUT2D eigenvalue weighted by atomic mass is 79.9. The van der Waals surface area contributed by atoms with E-state index >= 15 is 0 Å². The minimum atomic E-state index is -0.786. The number of hydrogen-bond acceptors (Lipinski definition) is 3. The summed E-state index contributed by atoms with van der Waals surface area (Å²) in [5.74, 6) is 0. The van der Waals surface area contributed by atoms with Crippen LogP contribution in [0.3, 0.4) is 0 Å². The van der Waals surface area contributed by atoms with Gasteiger partial charge >= 0.3 is 5.69 Å². The van der Waals surface area contributed by atoms with Crippen molar-refractivity contribution in [2.45, 2.75) is 6.04 Å². The van der Waals surface area contributed by atoms with E-state index in [1.807, 2.05) is 0 Å². The number of rotatable bonds is 3. The molecule has 0 aliphatic heterocycles. The lowest BCUT2D eigenvalue weighted by molar-refractivity contribution is -0.109. The summed E-state index contributed by atoms with van der Waals surface area (Å²) in [6.07, 6.45) is 3.32. The van der Waals surface area contributed by atoms with Crippen LogP contribution in [0, 0.1) is 0 Å². The molecule has 2 heterocycles. The Kier molecular flexibility index (Phi) is 4.27. The SMILES string of the molecule is Cn1c(C(C=O)n2cc(Cl)cnc2=O)cc(Br)c1Br. The Labute approximate surface area is 130 Å². The zero-order valence-corrected chi connectivity index (χ0v) is 13.6. The standard InChI is InChI=1S/C11H8Br2ClN3O2/c1-16-8(2-7(12)10(16)13)9(5-18)17-4-6(14)3-15-11(17)19/h2-5,9H,1H3. The maximum Gasteiger partial charge on any atom is 0.348 e. The zero-order chi connectivity index (χ0) is 14.2. The number of halogens is 3. The molecule has 0 aromatic carbocycles. The fraction of sp³-hybridized carbons (Fsp3) is 0.182. The van der Waals surface area contributed by atoms with Gasteiger partial charge in [-0.25, -0.2) is 4.79 Å². The van der Waals surface area contributed by atoms with E-state index in [-0.39, 0.29) is 0 Å². The van der Waals surface area contributed by atoms with Gasteiger partial charge in [-0.15, -0.1) is 0 Å². The molecule has 0 bridgehead atoms. The molecule has 0 fully saturated rings. The predicted octanol–water partition coefficient (Wildman–Crippen LogP) is 2.55. The summed E-state index contributed by atoms with van der Waals surface area (Å²) in [6.45, 7) is 0. The molecule has 2 aromatic rings. The van der Waals surface area contributed by atoms with Crippen molar-refractivity contribution in [3.63, 3.8) is 0 Å². The van der Waals surface area contributed by atoms with E-state index in [4.69, 9.17) is 11.6 Å². The monoisotopic (exact) mass is 407 g/mol. The molecule has 1 unspecified atom stereocenters. The van der Waals surface area contributed by atoms with Gasteiger partial charge in [0.2, 0.25) is 0 Å². The van der Waals surface area contributed by atoms with Gasteiger partial charge in [0.1, 0.15) is 12.3 Å². The molecule has 8 heteroatoms. The van der Waals surface area contributed by atoms with Crippen molar-refractivity contribution < 1.29 is 4.79 Å². The molecule has 19 heavy (non-hydrogen) atoms. The Bertz CT molecular complexity index is 696. The normalized spacial score (nSPS) is 12.4. The number of carbonyl (C=O) groups is 1. The summed E-state index contributed by atoms with van der Waals surface area (Å²) in [7, 11) is 1.78. The number of nitrogens with zero attached hydrogens (tertiary/aromatic N) is 3. The largest absolute Gasteiger partial charge is 0.348 e. The van der Waals surface area contributed by atoms with Crippen LogP contribution in [0.4, 0.5) is 0 Å². The molecule has 0 amide bonds. The molecular weight excluding hydrogens is 401 g/mol. The highest BCUT2D eigenvalue weighted by molar-refractivity contribution is 9.13. The van der Waals surface area contributed by atoms with Gasteiger partial charge < -0.3 is 9.36 Å². The van der Waals surface area contributed by atoms with Crippen LogP contribution in [0.15, 0.2) is 32.3 Å². The van der Waals surface area contributed by atoms with E-state index in [1.54, 1.807) is 17.7 Å². The van der Waals surface area contributed by atoms with Gasteiger partial charge in [-0.2, -0.15) is 4.98 Å². The molecule has 2 rings (SSSR count). The van der Waals surface area contributed by atoms with Gasteiger partial charge in [0.15, 0.2) is 0 Å². The van der Waals surface area contributed by atoms with Crippen molar-refractivity contribution in [1.82, 2.24) is 14.1 Å². The first-order chi connectivity index (χ1) is 8.95. The van der Waals surface area contributed by atoms with Crippen molar-refractivity contribution in [3.05, 3.63) is 48.7 Å². The Morgan fingerprint density at radius 3 is 2.68 bits per heavy atom. The maximum absolute atomic E-state index is 11.7. The van der Waals surface area contributed by atoms with Gasteiger partial charge in [-0.1, -0.05) is 11.6 Å². The third-order valence-corrected chi connectivity index (χ3v) is 4.96. The van der Waals surface area contributed by atoms with E-state index in [1.165, 1.54) is 17.0 Å².